The van der Waals surface area contributed by atoms with E-state index in [0.717, 1.165) is 11.3 Å². The van der Waals surface area contributed by atoms with Crippen molar-refractivity contribution in [2.24, 2.45) is 0 Å². The second-order valence-corrected chi connectivity index (χ2v) is 8.88. The molecule has 2 bridgehead atoms. The van der Waals surface area contributed by atoms with Crippen LogP contribution in [0, 0.1) is 0 Å². The number of hydrogen-bond donors (Lipinski definition) is 2. The zero-order chi connectivity index (χ0) is 21.1. The molecule has 0 aliphatic carbocycles. The van der Waals surface area contributed by atoms with Crippen molar-refractivity contribution >= 4 is 28.4 Å². The van der Waals surface area contributed by atoms with E-state index in [0.29, 0.717) is 23.1 Å². The molecule has 0 radical (unpaired) electrons. The highest BCUT2D eigenvalue weighted by atomic mass is 16.2. The van der Waals surface area contributed by atoms with E-state index in [1.54, 1.807) is 10.6 Å². The molecule has 1 aromatic heterocycles. The Hall–Kier alpha value is -3.52. The van der Waals surface area contributed by atoms with Gasteiger partial charge in [0.1, 0.15) is 24.1 Å². The van der Waals surface area contributed by atoms with Gasteiger partial charge in [0.15, 0.2) is 0 Å². The second kappa shape index (κ2) is 5.39. The summed E-state index contributed by atoms with van der Waals surface area (Å²) in [6, 6.07) is 13.6. The van der Waals surface area contributed by atoms with Crippen molar-refractivity contribution in [3.8, 4) is 0 Å². The Morgan fingerprint density at radius 3 is 2.71 bits per heavy atom. The summed E-state index contributed by atoms with van der Waals surface area (Å²) in [7, 11) is 0. The first-order valence-corrected chi connectivity index (χ1v) is 10.5. The third-order valence-electron chi connectivity index (χ3n) is 7.47. The number of hydrogen-bond acceptors (Lipinski definition) is 5. The van der Waals surface area contributed by atoms with E-state index in [2.05, 4.69) is 10.6 Å². The first kappa shape index (κ1) is 17.2. The molecule has 8 heteroatoms. The van der Waals surface area contributed by atoms with Crippen molar-refractivity contribution in [3.63, 3.8) is 0 Å². The SMILES string of the molecule is C[C@@H]1N[C@H]2N(C1=O)c1ccccc1[C@@]21C[C@@H]2C(=O)N[C@H]1c1nc3ccccc3c(=O)n12. The summed E-state index contributed by atoms with van der Waals surface area (Å²) >= 11 is 0. The maximum Gasteiger partial charge on any atom is 0.262 e. The van der Waals surface area contributed by atoms with E-state index >= 15 is 0 Å². The molecule has 8 rings (SSSR count). The van der Waals surface area contributed by atoms with Gasteiger partial charge in [0.25, 0.3) is 5.56 Å². The molecule has 0 saturated carbocycles. The quantitative estimate of drug-likeness (QED) is 0.576. The molecule has 1 spiro atoms. The zero-order valence-electron chi connectivity index (χ0n) is 16.7. The molecule has 5 atom stereocenters. The highest BCUT2D eigenvalue weighted by Gasteiger charge is 2.67. The number of carbonyl (C=O) groups excluding carboxylic acids is 2. The van der Waals surface area contributed by atoms with Gasteiger partial charge in [-0.05, 0) is 37.1 Å². The molecule has 2 fully saturated rings. The molecule has 3 aromatic rings. The van der Waals surface area contributed by atoms with Gasteiger partial charge in [0.2, 0.25) is 11.8 Å². The molecule has 0 unspecified atom stereocenters. The fourth-order valence-corrected chi connectivity index (χ4v) is 6.18. The number of carbonyl (C=O) groups is 2. The maximum absolute atomic E-state index is 13.4. The largest absolute Gasteiger partial charge is 0.343 e. The smallest absolute Gasteiger partial charge is 0.262 e. The topological polar surface area (TPSA) is 96.3 Å². The summed E-state index contributed by atoms with van der Waals surface area (Å²) in [5.41, 5.74) is 1.70. The molecule has 2 saturated heterocycles. The molecule has 2 amide bonds. The third-order valence-corrected chi connectivity index (χ3v) is 7.47. The summed E-state index contributed by atoms with van der Waals surface area (Å²) < 4.78 is 1.57. The molecule has 2 aromatic carbocycles. The monoisotopic (exact) mass is 413 g/mol. The van der Waals surface area contributed by atoms with E-state index in [4.69, 9.17) is 4.98 Å². The van der Waals surface area contributed by atoms with Gasteiger partial charge in [-0.1, -0.05) is 30.3 Å². The Labute approximate surface area is 176 Å². The number of benzene rings is 2. The normalized spacial score (nSPS) is 32.4. The number of amides is 2. The molecular weight excluding hydrogens is 394 g/mol. The van der Waals surface area contributed by atoms with Crippen LogP contribution >= 0.6 is 0 Å². The van der Waals surface area contributed by atoms with Gasteiger partial charge in [-0.15, -0.1) is 0 Å². The first-order valence-electron chi connectivity index (χ1n) is 10.5. The number of anilines is 1. The lowest BCUT2D eigenvalue weighted by Crippen LogP contribution is -2.66. The fraction of sp³-hybridized carbons (Fsp3) is 0.304. The van der Waals surface area contributed by atoms with Crippen LogP contribution in [0.4, 0.5) is 5.69 Å². The van der Waals surface area contributed by atoms with Gasteiger partial charge in [0, 0.05) is 5.69 Å². The molecule has 5 aliphatic rings. The summed E-state index contributed by atoms with van der Waals surface area (Å²) in [5, 5.41) is 7.12. The van der Waals surface area contributed by atoms with Gasteiger partial charge >= 0.3 is 0 Å². The summed E-state index contributed by atoms with van der Waals surface area (Å²) in [5.74, 6) is 0.409. The molecule has 8 nitrogen and oxygen atoms in total. The second-order valence-electron chi connectivity index (χ2n) is 8.88. The predicted octanol–water partition coefficient (Wildman–Crippen LogP) is 1.11. The van der Waals surface area contributed by atoms with Crippen LogP contribution in [0.15, 0.2) is 53.3 Å². The lowest BCUT2D eigenvalue weighted by Gasteiger charge is -2.52. The number of nitrogens with one attached hydrogen (secondary N) is 2. The Balaban J connectivity index is 1.54. The predicted molar refractivity (Wildman–Crippen MR) is 113 cm³/mol. The number of fused-ring (bicyclic) bond motifs is 5. The number of piperidine rings is 1. The number of rotatable bonds is 0. The van der Waals surface area contributed by atoms with Crippen LogP contribution < -0.4 is 21.1 Å². The number of aromatic nitrogens is 2. The van der Waals surface area contributed by atoms with E-state index in [-0.39, 0.29) is 29.6 Å². The molecule has 154 valence electrons. The fourth-order valence-electron chi connectivity index (χ4n) is 6.18. The highest BCUT2D eigenvalue weighted by Crippen LogP contribution is 2.59. The highest BCUT2D eigenvalue weighted by molar-refractivity contribution is 6.03. The lowest BCUT2D eigenvalue weighted by molar-refractivity contribution is -0.132. The Morgan fingerprint density at radius 2 is 1.84 bits per heavy atom. The lowest BCUT2D eigenvalue weighted by atomic mass is 9.64. The Bertz CT molecular complexity index is 1400. The van der Waals surface area contributed by atoms with Crippen molar-refractivity contribution in [1.82, 2.24) is 20.2 Å². The molecule has 6 heterocycles. The van der Waals surface area contributed by atoms with Gasteiger partial charge in [-0.25, -0.2) is 4.98 Å². The number of para-hydroxylation sites is 2. The molecule has 31 heavy (non-hydrogen) atoms. The van der Waals surface area contributed by atoms with Crippen LogP contribution in [-0.4, -0.2) is 33.6 Å². The van der Waals surface area contributed by atoms with Gasteiger partial charge in [-0.2, -0.15) is 0 Å². The molecular formula is C23H19N5O3. The van der Waals surface area contributed by atoms with Crippen molar-refractivity contribution in [3.05, 3.63) is 70.3 Å². The van der Waals surface area contributed by atoms with Gasteiger partial charge in [0.05, 0.1) is 22.4 Å². The van der Waals surface area contributed by atoms with Crippen molar-refractivity contribution in [2.75, 3.05) is 4.90 Å². The van der Waals surface area contributed by atoms with Gasteiger partial charge in [-0.3, -0.25) is 29.2 Å². The van der Waals surface area contributed by atoms with Crippen LogP contribution in [0.2, 0.25) is 0 Å². The van der Waals surface area contributed by atoms with Crippen LogP contribution in [-0.2, 0) is 15.0 Å². The minimum atomic E-state index is -0.676. The van der Waals surface area contributed by atoms with Crippen molar-refractivity contribution in [1.29, 1.82) is 0 Å². The first-order chi connectivity index (χ1) is 15.0. The zero-order valence-corrected chi connectivity index (χ0v) is 16.7. The third kappa shape index (κ3) is 1.82. The average Bonchev–Trinajstić information content (AvgIpc) is 3.22. The number of nitrogens with zero attached hydrogens (tertiary/aromatic N) is 3. The minimum absolute atomic E-state index is 0.0194. The van der Waals surface area contributed by atoms with E-state index < -0.39 is 17.5 Å². The van der Waals surface area contributed by atoms with Gasteiger partial charge < -0.3 is 5.32 Å². The van der Waals surface area contributed by atoms with Crippen molar-refractivity contribution in [2.45, 2.75) is 43.1 Å². The molecule has 2 N–H and O–H groups in total. The average molecular weight is 413 g/mol. The Kier molecular flexibility index (Phi) is 2.99. The van der Waals surface area contributed by atoms with Crippen LogP contribution in [0.3, 0.4) is 0 Å². The minimum Gasteiger partial charge on any atom is -0.343 e. The van der Waals surface area contributed by atoms with Crippen LogP contribution in [0.5, 0.6) is 0 Å². The van der Waals surface area contributed by atoms with E-state index in [9.17, 15) is 14.4 Å². The van der Waals surface area contributed by atoms with E-state index in [1.165, 1.54) is 0 Å². The van der Waals surface area contributed by atoms with Crippen LogP contribution in [0.25, 0.3) is 10.9 Å². The van der Waals surface area contributed by atoms with E-state index in [1.807, 2.05) is 54.3 Å². The maximum atomic E-state index is 13.4. The van der Waals surface area contributed by atoms with Crippen molar-refractivity contribution < 1.29 is 9.59 Å². The summed E-state index contributed by atoms with van der Waals surface area (Å²) in [6.45, 7) is 1.86. The summed E-state index contributed by atoms with van der Waals surface area (Å²) in [4.78, 5) is 46.0. The Morgan fingerprint density at radius 1 is 1.06 bits per heavy atom. The molecule has 5 aliphatic heterocycles. The summed E-state index contributed by atoms with van der Waals surface area (Å²) in [6.07, 6.45) is 0.124. The standard InChI is InChI=1S/C23H19N5O3/c1-11-20(30)28-15-9-5-3-7-13(15)23(22(28)24-11)10-16-19(29)26-17(23)18-25-14-8-4-2-6-12(14)21(31)27(16)18/h2-9,11,16-17,22,24H,10H2,1H3,(H,26,29)/t11-,16+,17-,22-,23+/m0/s1. The van der Waals surface area contributed by atoms with Crippen LogP contribution in [0.1, 0.15) is 36.8 Å².